The van der Waals surface area contributed by atoms with Crippen LogP contribution in [-0.2, 0) is 23.8 Å². The molecule has 11 heteroatoms. The topological polar surface area (TPSA) is 82.1 Å². The number of carbonyl (C=O) groups excluding carboxylic acids is 1. The number of rotatable bonds is 5. The molecular formula is C15H20F3NO6S. The van der Waals surface area contributed by atoms with E-state index in [-0.39, 0.29) is 18.8 Å². The Morgan fingerprint density at radius 3 is 2.58 bits per heavy atom. The normalized spacial score (nSPS) is 26.0. The van der Waals surface area contributed by atoms with E-state index < -0.39 is 45.5 Å². The Balaban J connectivity index is 2.40. The number of fused-ring (bicyclic) bond motifs is 2. The molecule has 2 heterocycles. The third-order valence-corrected chi connectivity index (χ3v) is 5.35. The predicted molar refractivity (Wildman–Crippen MR) is 84.1 cm³/mol. The molecule has 148 valence electrons. The minimum atomic E-state index is -5.81. The maximum Gasteiger partial charge on any atom is 0.534 e. The van der Waals surface area contributed by atoms with Gasteiger partial charge in [0.1, 0.15) is 5.76 Å². The lowest BCUT2D eigenvalue weighted by atomic mass is 9.93. The van der Waals surface area contributed by atoms with Gasteiger partial charge in [-0.15, -0.1) is 0 Å². The largest absolute Gasteiger partial charge is 0.534 e. The summed E-state index contributed by atoms with van der Waals surface area (Å²) < 4.78 is 75.1. The second-order valence-corrected chi connectivity index (χ2v) is 7.46. The van der Waals surface area contributed by atoms with Gasteiger partial charge in [0.25, 0.3) is 0 Å². The molecule has 0 aromatic rings. The zero-order valence-corrected chi connectivity index (χ0v) is 15.1. The zero-order valence-electron chi connectivity index (χ0n) is 14.3. The molecule has 2 bridgehead atoms. The number of halogens is 3. The van der Waals surface area contributed by atoms with E-state index in [2.05, 4.69) is 10.8 Å². The van der Waals surface area contributed by atoms with Gasteiger partial charge in [0.05, 0.1) is 25.4 Å². The number of ether oxygens (including phenoxy) is 2. The van der Waals surface area contributed by atoms with Crippen molar-refractivity contribution in [2.45, 2.75) is 43.8 Å². The van der Waals surface area contributed by atoms with Gasteiger partial charge in [-0.05, 0) is 25.8 Å². The monoisotopic (exact) mass is 399 g/mol. The standard InChI is InChI=1S/C15H20F3NO6S/c1-4-24-9(2)12-8-11(25-26(21,22)15(16,17)18)7-10-5-6-13(12)19(10)14(20)23-3/h8,10,12-13H,2,4-7H2,1,3H3/t10-,12?,13+/m1/s1. The molecule has 0 aromatic heterocycles. The molecule has 0 N–H and O–H groups in total. The lowest BCUT2D eigenvalue weighted by molar-refractivity contribution is -0.0524. The molecule has 0 aromatic carbocycles. The van der Waals surface area contributed by atoms with Crippen LogP contribution < -0.4 is 0 Å². The summed E-state index contributed by atoms with van der Waals surface area (Å²) >= 11 is 0. The molecule has 1 amide bonds. The van der Waals surface area contributed by atoms with Gasteiger partial charge >= 0.3 is 21.7 Å². The minimum absolute atomic E-state index is 0.184. The van der Waals surface area contributed by atoms with Gasteiger partial charge in [-0.1, -0.05) is 6.58 Å². The van der Waals surface area contributed by atoms with Crippen molar-refractivity contribution >= 4 is 16.2 Å². The van der Waals surface area contributed by atoms with E-state index in [1.54, 1.807) is 6.92 Å². The first-order valence-corrected chi connectivity index (χ1v) is 9.32. The average Bonchev–Trinajstić information content (AvgIpc) is 2.85. The van der Waals surface area contributed by atoms with Crippen LogP contribution in [0.1, 0.15) is 26.2 Å². The molecule has 26 heavy (non-hydrogen) atoms. The first-order valence-electron chi connectivity index (χ1n) is 7.91. The third kappa shape index (κ3) is 3.92. The lowest BCUT2D eigenvalue weighted by Gasteiger charge is -2.31. The van der Waals surface area contributed by atoms with Crippen LogP contribution in [0.4, 0.5) is 18.0 Å². The van der Waals surface area contributed by atoms with Crippen LogP contribution in [0.25, 0.3) is 0 Å². The molecule has 2 rings (SSSR count). The molecule has 1 saturated heterocycles. The van der Waals surface area contributed by atoms with Gasteiger partial charge in [-0.2, -0.15) is 21.6 Å². The maximum absolute atomic E-state index is 12.6. The third-order valence-electron chi connectivity index (χ3n) is 4.35. The molecule has 1 unspecified atom stereocenters. The van der Waals surface area contributed by atoms with Crippen LogP contribution in [0.2, 0.25) is 0 Å². The first kappa shape index (κ1) is 20.4. The number of alkyl halides is 3. The number of nitrogens with zero attached hydrogens (tertiary/aromatic N) is 1. The maximum atomic E-state index is 12.6. The van der Waals surface area contributed by atoms with Gasteiger partial charge in [-0.25, -0.2) is 4.79 Å². The van der Waals surface area contributed by atoms with Crippen molar-refractivity contribution in [3.63, 3.8) is 0 Å². The van der Waals surface area contributed by atoms with Gasteiger partial charge < -0.3 is 18.6 Å². The molecule has 2 aliphatic rings. The summed E-state index contributed by atoms with van der Waals surface area (Å²) in [5.74, 6) is -0.909. The summed E-state index contributed by atoms with van der Waals surface area (Å²) in [6, 6.07) is -1.01. The molecule has 3 atom stereocenters. The van der Waals surface area contributed by atoms with Gasteiger partial charge in [-0.3, -0.25) is 0 Å². The molecule has 2 aliphatic heterocycles. The number of carbonyl (C=O) groups is 1. The second kappa shape index (κ2) is 7.37. The average molecular weight is 399 g/mol. The Hall–Kier alpha value is -1.91. The van der Waals surface area contributed by atoms with Crippen LogP contribution in [0, 0.1) is 5.92 Å². The molecule has 7 nitrogen and oxygen atoms in total. The van der Waals surface area contributed by atoms with E-state index in [9.17, 15) is 26.4 Å². The number of amides is 1. The number of hydrogen-bond acceptors (Lipinski definition) is 6. The molecule has 0 spiro atoms. The summed E-state index contributed by atoms with van der Waals surface area (Å²) in [7, 11) is -4.62. The Kier molecular flexibility index (Phi) is 5.79. The number of hydrogen-bond donors (Lipinski definition) is 0. The molecule has 1 fully saturated rings. The first-order chi connectivity index (χ1) is 12.0. The van der Waals surface area contributed by atoms with Crippen LogP contribution in [-0.4, -0.2) is 50.7 Å². The number of methoxy groups -OCH3 is 1. The highest BCUT2D eigenvalue weighted by Gasteiger charge is 2.51. The second-order valence-electron chi connectivity index (χ2n) is 5.92. The van der Waals surface area contributed by atoms with Gasteiger partial charge in [0.2, 0.25) is 0 Å². The Bertz CT molecular complexity index is 703. The Morgan fingerprint density at radius 1 is 1.38 bits per heavy atom. The van der Waals surface area contributed by atoms with Crippen LogP contribution in [0.5, 0.6) is 0 Å². The van der Waals surface area contributed by atoms with Crippen molar-refractivity contribution in [2.24, 2.45) is 5.92 Å². The van der Waals surface area contributed by atoms with E-state index in [0.717, 1.165) is 0 Å². The SMILES string of the molecule is C=C(OCC)C1C=C(OS(=O)(=O)C(F)(F)F)C[C@H]2CC[C@@H]1N2C(=O)OC. The fourth-order valence-corrected chi connectivity index (χ4v) is 3.81. The van der Waals surface area contributed by atoms with E-state index in [4.69, 9.17) is 9.47 Å². The summed E-state index contributed by atoms with van der Waals surface area (Å²) in [6.07, 6.45) is 1.41. The summed E-state index contributed by atoms with van der Waals surface area (Å²) in [4.78, 5) is 13.5. The fourth-order valence-electron chi connectivity index (χ4n) is 3.31. The van der Waals surface area contributed by atoms with E-state index >= 15 is 0 Å². The van der Waals surface area contributed by atoms with Crippen LogP contribution in [0.15, 0.2) is 24.2 Å². The van der Waals surface area contributed by atoms with Crippen molar-refractivity contribution in [1.29, 1.82) is 0 Å². The predicted octanol–water partition coefficient (Wildman–Crippen LogP) is 2.91. The van der Waals surface area contributed by atoms with Gasteiger partial charge in [0.15, 0.2) is 0 Å². The molecule has 0 radical (unpaired) electrons. The molecule has 0 aliphatic carbocycles. The van der Waals surface area contributed by atoms with Crippen molar-refractivity contribution in [1.82, 2.24) is 4.90 Å². The minimum Gasteiger partial charge on any atom is -0.498 e. The summed E-state index contributed by atoms with van der Waals surface area (Å²) in [5, 5.41) is 0. The summed E-state index contributed by atoms with van der Waals surface area (Å²) in [6.45, 7) is 5.71. The van der Waals surface area contributed by atoms with Crippen molar-refractivity contribution in [3.05, 3.63) is 24.2 Å². The highest BCUT2D eigenvalue weighted by molar-refractivity contribution is 7.87. The van der Waals surface area contributed by atoms with E-state index in [1.165, 1.54) is 18.1 Å². The van der Waals surface area contributed by atoms with E-state index in [0.29, 0.717) is 12.8 Å². The van der Waals surface area contributed by atoms with Crippen molar-refractivity contribution in [3.8, 4) is 0 Å². The van der Waals surface area contributed by atoms with Crippen molar-refractivity contribution < 1.29 is 40.0 Å². The zero-order chi connectivity index (χ0) is 19.7. The Labute approximate surface area is 149 Å². The van der Waals surface area contributed by atoms with Crippen molar-refractivity contribution in [2.75, 3.05) is 13.7 Å². The highest BCUT2D eigenvalue weighted by Crippen LogP contribution is 2.41. The summed E-state index contributed by atoms with van der Waals surface area (Å²) in [5.41, 5.74) is -5.55. The Morgan fingerprint density at radius 2 is 2.04 bits per heavy atom. The van der Waals surface area contributed by atoms with E-state index in [1.807, 2.05) is 0 Å². The quantitative estimate of drug-likeness (QED) is 0.402. The van der Waals surface area contributed by atoms with Gasteiger partial charge in [0, 0.05) is 18.5 Å². The highest BCUT2D eigenvalue weighted by atomic mass is 32.2. The van der Waals surface area contributed by atoms with Crippen LogP contribution >= 0.6 is 0 Å². The molecular weight excluding hydrogens is 379 g/mol. The molecule has 0 saturated carbocycles. The lowest BCUT2D eigenvalue weighted by Crippen LogP contribution is -2.43. The van der Waals surface area contributed by atoms with Crippen LogP contribution in [0.3, 0.4) is 0 Å². The smallest absolute Gasteiger partial charge is 0.498 e. The fraction of sp³-hybridized carbons (Fsp3) is 0.667.